The Morgan fingerprint density at radius 1 is 1.45 bits per heavy atom. The molecule has 3 atom stereocenters. The second-order valence-corrected chi connectivity index (χ2v) is 8.39. The third kappa shape index (κ3) is 2.46. The fourth-order valence-electron chi connectivity index (χ4n) is 4.08. The molecule has 118 valence electrons. The summed E-state index contributed by atoms with van der Waals surface area (Å²) in [5, 5.41) is 3.74. The van der Waals surface area contributed by atoms with Crippen molar-refractivity contribution in [2.24, 2.45) is 4.99 Å². The van der Waals surface area contributed by atoms with Gasteiger partial charge in [0.1, 0.15) is 5.60 Å². The van der Waals surface area contributed by atoms with E-state index in [1.54, 1.807) is 11.3 Å². The average molecular weight is 337 g/mol. The Morgan fingerprint density at radius 2 is 2.32 bits per heavy atom. The minimum atomic E-state index is -0.169. The van der Waals surface area contributed by atoms with Crippen molar-refractivity contribution in [3.8, 4) is 0 Å². The minimum Gasteiger partial charge on any atom is -0.369 e. The summed E-state index contributed by atoms with van der Waals surface area (Å²) < 4.78 is 7.27. The van der Waals surface area contributed by atoms with Gasteiger partial charge in [0.2, 0.25) is 0 Å². The lowest BCUT2D eigenvalue weighted by atomic mass is 9.78. The number of rotatable bonds is 1. The lowest BCUT2D eigenvalue weighted by molar-refractivity contribution is -0.0918. The van der Waals surface area contributed by atoms with E-state index in [1.807, 2.05) is 0 Å². The van der Waals surface area contributed by atoms with Crippen LogP contribution < -0.4 is 5.32 Å². The largest absolute Gasteiger partial charge is 0.369 e. The summed E-state index contributed by atoms with van der Waals surface area (Å²) in [7, 11) is 0. The summed E-state index contributed by atoms with van der Waals surface area (Å²) in [4.78, 5) is 5.88. The number of halogens is 1. The van der Waals surface area contributed by atoms with Crippen LogP contribution in [-0.4, -0.2) is 30.9 Å². The van der Waals surface area contributed by atoms with E-state index in [0.29, 0.717) is 12.1 Å². The van der Waals surface area contributed by atoms with Crippen LogP contribution in [0.2, 0.25) is 4.34 Å². The zero-order chi connectivity index (χ0) is 15.3. The third-order valence-corrected chi connectivity index (χ3v) is 6.44. The zero-order valence-electron chi connectivity index (χ0n) is 13.0. The molecular formula is C17H21ClN2OS. The highest BCUT2D eigenvalue weighted by Crippen LogP contribution is 2.48. The first-order valence-electron chi connectivity index (χ1n) is 7.96. The number of fused-ring (bicyclic) bond motifs is 2. The third-order valence-electron chi connectivity index (χ3n) is 4.95. The second-order valence-electron chi connectivity index (χ2n) is 6.70. The molecule has 1 aromatic heterocycles. The van der Waals surface area contributed by atoms with Crippen molar-refractivity contribution in [2.75, 3.05) is 13.2 Å². The van der Waals surface area contributed by atoms with E-state index in [-0.39, 0.29) is 5.60 Å². The summed E-state index contributed by atoms with van der Waals surface area (Å²) in [6, 6.07) is 2.90. The molecule has 3 aliphatic heterocycles. The van der Waals surface area contributed by atoms with Gasteiger partial charge >= 0.3 is 0 Å². The molecule has 0 radical (unpaired) electrons. The highest BCUT2D eigenvalue weighted by Gasteiger charge is 2.46. The molecule has 0 aliphatic carbocycles. The van der Waals surface area contributed by atoms with Gasteiger partial charge in [-0.1, -0.05) is 11.6 Å². The summed E-state index contributed by atoms with van der Waals surface area (Å²) in [5.74, 6) is 0. The molecule has 22 heavy (non-hydrogen) atoms. The number of thiophene rings is 1. The van der Waals surface area contributed by atoms with Gasteiger partial charge < -0.3 is 10.1 Å². The van der Waals surface area contributed by atoms with Gasteiger partial charge in [0.25, 0.3) is 0 Å². The van der Waals surface area contributed by atoms with Crippen LogP contribution in [0.25, 0.3) is 0 Å². The first kappa shape index (κ1) is 14.9. The lowest BCUT2D eigenvalue weighted by Crippen LogP contribution is -2.54. The quantitative estimate of drug-likeness (QED) is 0.848. The SMILES string of the molecule is CC1=NCC(C2CC3(CC(C)N2)OCCc2cc(Cl)sc23)=C1. The van der Waals surface area contributed by atoms with E-state index in [1.165, 1.54) is 16.0 Å². The van der Waals surface area contributed by atoms with Gasteiger partial charge in [0, 0.05) is 29.1 Å². The fraction of sp³-hybridized carbons (Fsp3) is 0.588. The maximum atomic E-state index is 6.38. The van der Waals surface area contributed by atoms with Crippen molar-refractivity contribution in [1.29, 1.82) is 0 Å². The van der Waals surface area contributed by atoms with Crippen molar-refractivity contribution in [2.45, 2.75) is 50.8 Å². The minimum absolute atomic E-state index is 0.169. The van der Waals surface area contributed by atoms with E-state index in [2.05, 4.69) is 36.3 Å². The molecule has 0 amide bonds. The van der Waals surface area contributed by atoms with Crippen molar-refractivity contribution < 1.29 is 4.74 Å². The Hall–Kier alpha value is -0.680. The van der Waals surface area contributed by atoms with E-state index in [0.717, 1.165) is 42.5 Å². The van der Waals surface area contributed by atoms with Crippen LogP contribution in [0.1, 0.15) is 37.1 Å². The normalized spacial score (nSPS) is 34.5. The molecule has 3 unspecified atom stereocenters. The van der Waals surface area contributed by atoms with Crippen LogP contribution >= 0.6 is 22.9 Å². The predicted molar refractivity (Wildman–Crippen MR) is 92.3 cm³/mol. The molecule has 0 saturated carbocycles. The summed E-state index contributed by atoms with van der Waals surface area (Å²) in [5.41, 5.74) is 3.75. The standard InChI is InChI=1S/C17H21ClN2OS/c1-10-5-13(9-19-10)14-8-17(7-11(2)20-14)16-12(3-4-21-17)6-15(18)22-16/h5-6,11,14,20H,3-4,7-9H2,1-2H3. The molecule has 4 heterocycles. The molecule has 1 N–H and O–H groups in total. The number of ether oxygens (including phenoxy) is 1. The molecule has 4 rings (SSSR count). The van der Waals surface area contributed by atoms with Crippen molar-refractivity contribution in [1.82, 2.24) is 5.32 Å². The molecule has 3 aliphatic rings. The second kappa shape index (κ2) is 5.45. The number of nitrogens with zero attached hydrogens (tertiary/aromatic N) is 1. The number of hydrogen-bond acceptors (Lipinski definition) is 4. The smallest absolute Gasteiger partial charge is 0.106 e. The van der Waals surface area contributed by atoms with E-state index < -0.39 is 0 Å². The van der Waals surface area contributed by atoms with E-state index >= 15 is 0 Å². The van der Waals surface area contributed by atoms with Gasteiger partial charge in [-0.3, -0.25) is 4.99 Å². The zero-order valence-corrected chi connectivity index (χ0v) is 14.6. The number of aliphatic imine (C=N–C) groups is 1. The summed E-state index contributed by atoms with van der Waals surface area (Å²) >= 11 is 8.00. The molecule has 3 nitrogen and oxygen atoms in total. The lowest BCUT2D eigenvalue weighted by Gasteiger charge is -2.46. The number of nitrogens with one attached hydrogen (secondary N) is 1. The molecule has 5 heteroatoms. The first-order valence-corrected chi connectivity index (χ1v) is 9.15. The first-order chi connectivity index (χ1) is 10.6. The maximum Gasteiger partial charge on any atom is 0.106 e. The van der Waals surface area contributed by atoms with Gasteiger partial charge in [-0.25, -0.2) is 0 Å². The summed E-state index contributed by atoms with van der Waals surface area (Å²) in [6.45, 7) is 5.95. The highest BCUT2D eigenvalue weighted by molar-refractivity contribution is 7.16. The van der Waals surface area contributed by atoms with Gasteiger partial charge in [-0.05, 0) is 50.0 Å². The molecule has 0 bridgehead atoms. The molecule has 1 fully saturated rings. The molecule has 0 aromatic carbocycles. The van der Waals surface area contributed by atoms with Crippen molar-refractivity contribution in [3.05, 3.63) is 32.5 Å². The van der Waals surface area contributed by atoms with Crippen LogP contribution in [0.5, 0.6) is 0 Å². The maximum absolute atomic E-state index is 6.38. The Bertz CT molecular complexity index is 666. The van der Waals surface area contributed by atoms with Gasteiger partial charge in [0.15, 0.2) is 0 Å². The fourth-order valence-corrected chi connectivity index (χ4v) is 5.55. The average Bonchev–Trinajstić information content (AvgIpc) is 3.04. The monoisotopic (exact) mass is 336 g/mol. The van der Waals surface area contributed by atoms with E-state index in [4.69, 9.17) is 16.3 Å². The van der Waals surface area contributed by atoms with Crippen LogP contribution in [0.4, 0.5) is 0 Å². The predicted octanol–water partition coefficient (Wildman–Crippen LogP) is 3.71. The number of hydrogen-bond donors (Lipinski definition) is 1. The van der Waals surface area contributed by atoms with Crippen LogP contribution in [0.15, 0.2) is 22.7 Å². The van der Waals surface area contributed by atoms with Gasteiger partial charge in [-0.15, -0.1) is 11.3 Å². The van der Waals surface area contributed by atoms with Gasteiger partial charge in [0.05, 0.1) is 17.5 Å². The van der Waals surface area contributed by atoms with Crippen LogP contribution in [0, 0.1) is 0 Å². The topological polar surface area (TPSA) is 33.6 Å². The Labute approximate surface area is 140 Å². The Kier molecular flexibility index (Phi) is 3.68. The summed E-state index contributed by atoms with van der Waals surface area (Å²) in [6.07, 6.45) is 5.21. The van der Waals surface area contributed by atoms with Crippen LogP contribution in [0.3, 0.4) is 0 Å². The van der Waals surface area contributed by atoms with Gasteiger partial charge in [-0.2, -0.15) is 0 Å². The van der Waals surface area contributed by atoms with Crippen molar-refractivity contribution in [3.63, 3.8) is 0 Å². The van der Waals surface area contributed by atoms with E-state index in [9.17, 15) is 0 Å². The Balaban J connectivity index is 1.68. The molecule has 1 aromatic rings. The highest BCUT2D eigenvalue weighted by atomic mass is 35.5. The van der Waals surface area contributed by atoms with Crippen molar-refractivity contribution >= 4 is 28.6 Å². The van der Waals surface area contributed by atoms with Crippen LogP contribution in [-0.2, 0) is 16.8 Å². The number of piperidine rings is 1. The number of allylic oxidation sites excluding steroid dienone is 1. The molecule has 1 saturated heterocycles. The molecular weight excluding hydrogens is 316 g/mol. The Morgan fingerprint density at radius 3 is 3.09 bits per heavy atom. The molecule has 1 spiro atoms.